The Morgan fingerprint density at radius 3 is 2.50 bits per heavy atom. The molecule has 1 aromatic carbocycles. The Bertz CT molecular complexity index is 728. The van der Waals surface area contributed by atoms with Crippen molar-refractivity contribution in [2.24, 2.45) is 0 Å². The molecule has 0 saturated carbocycles. The molecule has 1 aromatic heterocycles. The van der Waals surface area contributed by atoms with Gasteiger partial charge in [0.25, 0.3) is 0 Å². The zero-order valence-electron chi connectivity index (χ0n) is 14.8. The van der Waals surface area contributed by atoms with Gasteiger partial charge in [-0.05, 0) is 45.1 Å². The second-order valence-corrected chi connectivity index (χ2v) is 5.75. The summed E-state index contributed by atoms with van der Waals surface area (Å²) in [7, 11) is 3.22. The monoisotopic (exact) mass is 348 g/mol. The number of hydrogen-bond donors (Lipinski definition) is 2. The summed E-state index contributed by atoms with van der Waals surface area (Å²) in [5, 5.41) is 11.4. The second-order valence-electron chi connectivity index (χ2n) is 5.34. The van der Waals surface area contributed by atoms with Crippen LogP contribution in [0, 0.1) is 13.8 Å². The third-order valence-electron chi connectivity index (χ3n) is 3.90. The Hall–Kier alpha value is -2.28. The molecule has 2 rings (SSSR count). The van der Waals surface area contributed by atoms with Gasteiger partial charge in [0.2, 0.25) is 0 Å². The maximum absolute atomic E-state index is 5.38. The van der Waals surface area contributed by atoms with Crippen LogP contribution in [0.2, 0.25) is 0 Å². The van der Waals surface area contributed by atoms with E-state index >= 15 is 0 Å². The number of aromatic nitrogens is 2. The van der Waals surface area contributed by atoms with E-state index in [4.69, 9.17) is 21.7 Å². The highest BCUT2D eigenvalue weighted by molar-refractivity contribution is 7.80. The van der Waals surface area contributed by atoms with E-state index in [-0.39, 0.29) is 0 Å². The molecule has 0 unspecified atom stereocenters. The summed E-state index contributed by atoms with van der Waals surface area (Å²) in [6, 6.07) is 5.57. The van der Waals surface area contributed by atoms with Gasteiger partial charge in [0.05, 0.1) is 19.9 Å². The van der Waals surface area contributed by atoms with E-state index in [1.807, 2.05) is 29.8 Å². The number of aryl methyl sites for hydroxylation is 2. The van der Waals surface area contributed by atoms with E-state index in [2.05, 4.69) is 29.6 Å². The van der Waals surface area contributed by atoms with Crippen LogP contribution >= 0.6 is 12.2 Å². The van der Waals surface area contributed by atoms with Gasteiger partial charge in [0, 0.05) is 36.1 Å². The molecule has 0 radical (unpaired) electrons. The Morgan fingerprint density at radius 1 is 1.21 bits per heavy atom. The minimum absolute atomic E-state index is 0.547. The standard InChI is InChI=1S/C17H24N4O2S/c1-6-21-12(3)14(11(2)20-21)10-18-17(24)19-13-7-8-15(22-4)16(9-13)23-5/h7-9H,6,10H2,1-5H3,(H2,18,19,24). The molecule has 0 spiro atoms. The molecule has 7 heteroatoms. The summed E-state index contributed by atoms with van der Waals surface area (Å²) in [5.74, 6) is 1.33. The lowest BCUT2D eigenvalue weighted by atomic mass is 10.2. The zero-order valence-corrected chi connectivity index (χ0v) is 15.6. The van der Waals surface area contributed by atoms with Crippen molar-refractivity contribution in [2.75, 3.05) is 19.5 Å². The molecule has 0 aliphatic heterocycles. The van der Waals surface area contributed by atoms with Crippen LogP contribution < -0.4 is 20.1 Å². The van der Waals surface area contributed by atoms with Gasteiger partial charge in [-0.15, -0.1) is 0 Å². The molecule has 0 atom stereocenters. The maximum atomic E-state index is 5.38. The summed E-state index contributed by atoms with van der Waals surface area (Å²) in [6.45, 7) is 7.67. The van der Waals surface area contributed by atoms with E-state index in [0.717, 1.165) is 23.6 Å². The van der Waals surface area contributed by atoms with Crippen LogP contribution in [0.1, 0.15) is 23.9 Å². The van der Waals surface area contributed by atoms with E-state index in [1.54, 1.807) is 14.2 Å². The number of rotatable bonds is 6. The highest BCUT2D eigenvalue weighted by Crippen LogP contribution is 2.29. The van der Waals surface area contributed by atoms with Gasteiger partial charge >= 0.3 is 0 Å². The topological polar surface area (TPSA) is 60.3 Å². The Morgan fingerprint density at radius 2 is 1.92 bits per heavy atom. The molecule has 0 aliphatic carbocycles. The van der Waals surface area contributed by atoms with Crippen LogP contribution in [0.25, 0.3) is 0 Å². The molecule has 2 aromatic rings. The van der Waals surface area contributed by atoms with Crippen molar-refractivity contribution in [3.63, 3.8) is 0 Å². The molecular weight excluding hydrogens is 324 g/mol. The van der Waals surface area contributed by atoms with E-state index < -0.39 is 0 Å². The first-order valence-electron chi connectivity index (χ1n) is 7.79. The van der Waals surface area contributed by atoms with Crippen molar-refractivity contribution >= 4 is 23.0 Å². The van der Waals surface area contributed by atoms with Crippen molar-refractivity contribution in [1.82, 2.24) is 15.1 Å². The molecule has 0 bridgehead atoms. The van der Waals surface area contributed by atoms with Crippen LogP contribution in [0.3, 0.4) is 0 Å². The van der Waals surface area contributed by atoms with Gasteiger partial charge in [-0.2, -0.15) is 5.10 Å². The fourth-order valence-electron chi connectivity index (χ4n) is 2.56. The number of benzene rings is 1. The van der Waals surface area contributed by atoms with Gasteiger partial charge < -0.3 is 20.1 Å². The Balaban J connectivity index is 2.00. The first kappa shape index (κ1) is 18.1. The van der Waals surface area contributed by atoms with Crippen LogP contribution in [-0.4, -0.2) is 29.1 Å². The lowest BCUT2D eigenvalue weighted by Crippen LogP contribution is -2.28. The molecule has 6 nitrogen and oxygen atoms in total. The van der Waals surface area contributed by atoms with Crippen molar-refractivity contribution in [2.45, 2.75) is 33.9 Å². The number of nitrogens with zero attached hydrogens (tertiary/aromatic N) is 2. The number of methoxy groups -OCH3 is 2. The summed E-state index contributed by atoms with van der Waals surface area (Å²) in [5.41, 5.74) is 4.20. The van der Waals surface area contributed by atoms with Gasteiger partial charge in [-0.1, -0.05) is 0 Å². The number of thiocarbonyl (C=S) groups is 1. The number of nitrogens with one attached hydrogen (secondary N) is 2. The molecule has 1 heterocycles. The highest BCUT2D eigenvalue weighted by Gasteiger charge is 2.11. The maximum Gasteiger partial charge on any atom is 0.171 e. The van der Waals surface area contributed by atoms with Gasteiger partial charge in [-0.25, -0.2) is 0 Å². The number of anilines is 1. The quantitative estimate of drug-likeness (QED) is 0.783. The first-order chi connectivity index (χ1) is 11.5. The molecule has 130 valence electrons. The average molecular weight is 348 g/mol. The molecule has 0 amide bonds. The predicted octanol–water partition coefficient (Wildman–Crippen LogP) is 3.02. The second kappa shape index (κ2) is 8.01. The van der Waals surface area contributed by atoms with Crippen molar-refractivity contribution in [1.29, 1.82) is 0 Å². The van der Waals surface area contributed by atoms with E-state index in [9.17, 15) is 0 Å². The van der Waals surface area contributed by atoms with Crippen molar-refractivity contribution in [3.05, 3.63) is 35.2 Å². The third-order valence-corrected chi connectivity index (χ3v) is 4.14. The van der Waals surface area contributed by atoms with E-state index in [0.29, 0.717) is 23.2 Å². The molecular formula is C17H24N4O2S. The Kier molecular flexibility index (Phi) is 6.03. The molecule has 2 N–H and O–H groups in total. The molecule has 0 saturated heterocycles. The summed E-state index contributed by atoms with van der Waals surface area (Å²) in [4.78, 5) is 0. The van der Waals surface area contributed by atoms with Gasteiger partial charge in [-0.3, -0.25) is 4.68 Å². The number of ether oxygens (including phenoxy) is 2. The third kappa shape index (κ3) is 3.97. The van der Waals surface area contributed by atoms with Crippen LogP contribution in [0.15, 0.2) is 18.2 Å². The van der Waals surface area contributed by atoms with Crippen molar-refractivity contribution in [3.8, 4) is 11.5 Å². The normalized spacial score (nSPS) is 10.4. The van der Waals surface area contributed by atoms with Crippen molar-refractivity contribution < 1.29 is 9.47 Å². The largest absolute Gasteiger partial charge is 0.493 e. The van der Waals surface area contributed by atoms with Crippen LogP contribution in [0.4, 0.5) is 5.69 Å². The van der Waals surface area contributed by atoms with Gasteiger partial charge in [0.1, 0.15) is 0 Å². The minimum Gasteiger partial charge on any atom is -0.493 e. The fraction of sp³-hybridized carbons (Fsp3) is 0.412. The molecule has 0 aliphatic rings. The molecule has 24 heavy (non-hydrogen) atoms. The Labute approximate surface area is 148 Å². The average Bonchev–Trinajstić information content (AvgIpc) is 2.86. The van der Waals surface area contributed by atoms with Gasteiger partial charge in [0.15, 0.2) is 16.6 Å². The lowest BCUT2D eigenvalue weighted by molar-refractivity contribution is 0.355. The fourth-order valence-corrected chi connectivity index (χ4v) is 2.75. The highest BCUT2D eigenvalue weighted by atomic mass is 32.1. The van der Waals surface area contributed by atoms with Crippen LogP contribution in [-0.2, 0) is 13.1 Å². The predicted molar refractivity (Wildman–Crippen MR) is 100.0 cm³/mol. The van der Waals surface area contributed by atoms with Crippen LogP contribution in [0.5, 0.6) is 11.5 Å². The molecule has 0 fully saturated rings. The summed E-state index contributed by atoms with van der Waals surface area (Å²) in [6.07, 6.45) is 0. The van der Waals surface area contributed by atoms with E-state index in [1.165, 1.54) is 5.56 Å². The SMILES string of the molecule is CCn1nc(C)c(CNC(=S)Nc2ccc(OC)c(OC)c2)c1C. The zero-order chi connectivity index (χ0) is 17.7. The number of hydrogen-bond acceptors (Lipinski definition) is 4. The first-order valence-corrected chi connectivity index (χ1v) is 8.20. The smallest absolute Gasteiger partial charge is 0.171 e. The lowest BCUT2D eigenvalue weighted by Gasteiger charge is -2.13. The summed E-state index contributed by atoms with van der Waals surface area (Å²) >= 11 is 5.38. The summed E-state index contributed by atoms with van der Waals surface area (Å²) < 4.78 is 12.5. The minimum atomic E-state index is 0.547.